The summed E-state index contributed by atoms with van der Waals surface area (Å²) < 4.78 is 0. The van der Waals surface area contributed by atoms with Crippen LogP contribution in [0.3, 0.4) is 0 Å². The molecule has 1 aliphatic rings. The lowest BCUT2D eigenvalue weighted by atomic mass is 9.96. The van der Waals surface area contributed by atoms with E-state index in [2.05, 4.69) is 26.3 Å². The number of unbranched alkanes of at least 4 members (excludes halogenated alkanes) is 1. The van der Waals surface area contributed by atoms with Crippen LogP contribution in [0.4, 0.5) is 0 Å². The van der Waals surface area contributed by atoms with Gasteiger partial charge >= 0.3 is 0 Å². The maximum Gasteiger partial charge on any atom is 0.121 e. The zero-order valence-electron chi connectivity index (χ0n) is 15.4. The molecule has 5 nitrogen and oxygen atoms in total. The fraction of sp³-hybridized carbons (Fsp3) is 0.429. The molecule has 26 heavy (non-hydrogen) atoms. The lowest BCUT2D eigenvalue weighted by molar-refractivity contribution is 0.615. The smallest absolute Gasteiger partial charge is 0.121 e. The van der Waals surface area contributed by atoms with Gasteiger partial charge in [-0.1, -0.05) is 18.2 Å². The van der Waals surface area contributed by atoms with Crippen molar-refractivity contribution >= 4 is 11.0 Å². The van der Waals surface area contributed by atoms with Gasteiger partial charge in [-0.25, -0.2) is 4.98 Å². The molecule has 0 saturated carbocycles. The van der Waals surface area contributed by atoms with Crippen LogP contribution in [0.15, 0.2) is 42.6 Å². The predicted octanol–water partition coefficient (Wildman–Crippen LogP) is 3.35. The van der Waals surface area contributed by atoms with E-state index in [0.29, 0.717) is 0 Å². The Morgan fingerprint density at radius 2 is 1.92 bits per heavy atom. The second kappa shape index (κ2) is 10.0. The summed E-state index contributed by atoms with van der Waals surface area (Å²) in [5, 5.41) is 3.35. The Labute approximate surface area is 155 Å². The molecule has 0 unspecified atom stereocenters. The first kappa shape index (κ1) is 18.5. The summed E-state index contributed by atoms with van der Waals surface area (Å²) in [7, 11) is 0. The van der Waals surface area contributed by atoms with Crippen molar-refractivity contribution in [3.63, 3.8) is 0 Å². The van der Waals surface area contributed by atoms with E-state index in [0.717, 1.165) is 49.3 Å². The van der Waals surface area contributed by atoms with Gasteiger partial charge in [-0.3, -0.25) is 4.98 Å². The fourth-order valence-corrected chi connectivity index (χ4v) is 3.22. The second-order valence-corrected chi connectivity index (χ2v) is 6.69. The summed E-state index contributed by atoms with van der Waals surface area (Å²) in [4.78, 5) is 12.1. The maximum absolute atomic E-state index is 5.43. The average Bonchev–Trinajstić information content (AvgIpc) is 3.11. The van der Waals surface area contributed by atoms with Gasteiger partial charge in [-0.2, -0.15) is 0 Å². The lowest BCUT2D eigenvalue weighted by Gasteiger charge is -2.12. The van der Waals surface area contributed by atoms with Crippen molar-refractivity contribution in [1.82, 2.24) is 20.3 Å². The highest BCUT2D eigenvalue weighted by atomic mass is 15.0. The van der Waals surface area contributed by atoms with Gasteiger partial charge in [-0.15, -0.1) is 0 Å². The third-order valence-electron chi connectivity index (χ3n) is 4.63. The summed E-state index contributed by atoms with van der Waals surface area (Å²) in [6, 6.07) is 12.3. The van der Waals surface area contributed by atoms with E-state index in [4.69, 9.17) is 5.73 Å². The number of nitrogens with two attached hydrogens (primary N) is 1. The molecule has 0 bridgehead atoms. The van der Waals surface area contributed by atoms with E-state index in [9.17, 15) is 0 Å². The Kier molecular flexibility index (Phi) is 7.16. The molecule has 0 atom stereocenters. The summed E-state index contributed by atoms with van der Waals surface area (Å²) in [6.45, 7) is 2.56. The zero-order chi connectivity index (χ0) is 18.0. The number of rotatable bonds is 6. The Morgan fingerprint density at radius 1 is 1.04 bits per heavy atom. The van der Waals surface area contributed by atoms with Gasteiger partial charge in [0.2, 0.25) is 0 Å². The Balaban J connectivity index is 0.000000167. The van der Waals surface area contributed by atoms with Gasteiger partial charge in [0.25, 0.3) is 0 Å². The number of pyridine rings is 1. The van der Waals surface area contributed by atoms with E-state index in [1.807, 2.05) is 36.5 Å². The molecule has 138 valence electrons. The van der Waals surface area contributed by atoms with E-state index < -0.39 is 0 Å². The van der Waals surface area contributed by atoms with Crippen LogP contribution in [0.1, 0.15) is 42.8 Å². The number of aryl methyl sites for hydroxylation is 2. The molecule has 0 aliphatic heterocycles. The minimum atomic E-state index is 0.770. The van der Waals surface area contributed by atoms with Crippen LogP contribution in [0.2, 0.25) is 0 Å². The second-order valence-electron chi connectivity index (χ2n) is 6.69. The minimum absolute atomic E-state index is 0.770. The van der Waals surface area contributed by atoms with Crippen molar-refractivity contribution in [2.75, 3.05) is 13.1 Å². The summed E-state index contributed by atoms with van der Waals surface area (Å²) in [6.07, 6.45) is 9.19. The van der Waals surface area contributed by atoms with Gasteiger partial charge in [0.05, 0.1) is 17.6 Å². The number of nitrogens with one attached hydrogen (secondary N) is 2. The number of para-hydroxylation sites is 2. The first-order valence-corrected chi connectivity index (χ1v) is 9.64. The third kappa shape index (κ3) is 5.38. The van der Waals surface area contributed by atoms with Crippen LogP contribution in [0, 0.1) is 0 Å². The molecule has 0 saturated heterocycles. The van der Waals surface area contributed by atoms with Crippen molar-refractivity contribution in [1.29, 1.82) is 0 Å². The standard InChI is InChI=1S/C12H18N4.C9H11N/c13-7-3-4-8-14-9-12-15-10-5-1-2-6-11(10)16-12;1-2-6-9-8(4-1)5-3-7-10-9/h1-2,5-6,14H,3-4,7-9,13H2,(H,15,16);3,5,7H,1-2,4,6H2. The molecule has 0 fully saturated rings. The van der Waals surface area contributed by atoms with Crippen LogP contribution in [-0.4, -0.2) is 28.0 Å². The number of aromatic nitrogens is 3. The Morgan fingerprint density at radius 3 is 2.77 bits per heavy atom. The van der Waals surface area contributed by atoms with Gasteiger partial charge in [0, 0.05) is 11.9 Å². The summed E-state index contributed by atoms with van der Waals surface area (Å²) in [5.74, 6) is 0.994. The molecule has 1 aliphatic carbocycles. The van der Waals surface area contributed by atoms with Crippen molar-refractivity contribution in [2.45, 2.75) is 45.1 Å². The Hall–Kier alpha value is -2.24. The topological polar surface area (TPSA) is 79.6 Å². The fourth-order valence-electron chi connectivity index (χ4n) is 3.22. The Bertz CT molecular complexity index is 738. The first-order chi connectivity index (χ1) is 12.9. The monoisotopic (exact) mass is 351 g/mol. The molecule has 1 aromatic carbocycles. The van der Waals surface area contributed by atoms with Crippen LogP contribution in [0.5, 0.6) is 0 Å². The molecule has 4 rings (SSSR count). The first-order valence-electron chi connectivity index (χ1n) is 9.64. The number of hydrogen-bond donors (Lipinski definition) is 3. The molecule has 5 heteroatoms. The lowest BCUT2D eigenvalue weighted by Crippen LogP contribution is -2.16. The van der Waals surface area contributed by atoms with Gasteiger partial charge < -0.3 is 16.0 Å². The summed E-state index contributed by atoms with van der Waals surface area (Å²) in [5.41, 5.74) is 10.3. The highest BCUT2D eigenvalue weighted by Gasteiger charge is 2.07. The number of aromatic amines is 1. The van der Waals surface area contributed by atoms with E-state index >= 15 is 0 Å². The number of benzene rings is 1. The molecule has 4 N–H and O–H groups in total. The SMILES string of the molecule is NCCCCNCc1nc2ccccc2[nH]1.c1cnc2c(c1)CCCC2. The van der Waals surface area contributed by atoms with Gasteiger partial charge in [0.15, 0.2) is 0 Å². The largest absolute Gasteiger partial charge is 0.341 e. The highest BCUT2D eigenvalue weighted by Crippen LogP contribution is 2.17. The van der Waals surface area contributed by atoms with Crippen molar-refractivity contribution in [3.8, 4) is 0 Å². The van der Waals surface area contributed by atoms with Crippen LogP contribution in [0.25, 0.3) is 11.0 Å². The van der Waals surface area contributed by atoms with Gasteiger partial charge in [-0.05, 0) is 75.4 Å². The molecule has 0 radical (unpaired) electrons. The molecule has 0 spiro atoms. The molecule has 2 heterocycles. The maximum atomic E-state index is 5.43. The van der Waals surface area contributed by atoms with Crippen molar-refractivity contribution in [3.05, 3.63) is 59.7 Å². The van der Waals surface area contributed by atoms with E-state index in [1.54, 1.807) is 0 Å². The molecule has 3 aromatic rings. The zero-order valence-corrected chi connectivity index (χ0v) is 15.4. The third-order valence-corrected chi connectivity index (χ3v) is 4.63. The van der Waals surface area contributed by atoms with E-state index in [-0.39, 0.29) is 0 Å². The number of fused-ring (bicyclic) bond motifs is 2. The molecular formula is C21H29N5. The number of hydrogen-bond acceptors (Lipinski definition) is 4. The molecular weight excluding hydrogens is 322 g/mol. The molecule has 0 amide bonds. The minimum Gasteiger partial charge on any atom is -0.341 e. The number of imidazole rings is 1. The average molecular weight is 351 g/mol. The normalized spacial score (nSPS) is 13.1. The van der Waals surface area contributed by atoms with Crippen molar-refractivity contribution in [2.24, 2.45) is 5.73 Å². The quantitative estimate of drug-likeness (QED) is 0.595. The number of H-pyrrole nitrogens is 1. The van der Waals surface area contributed by atoms with Crippen molar-refractivity contribution < 1.29 is 0 Å². The van der Waals surface area contributed by atoms with E-state index in [1.165, 1.54) is 36.9 Å². The summed E-state index contributed by atoms with van der Waals surface area (Å²) >= 11 is 0. The van der Waals surface area contributed by atoms with Gasteiger partial charge in [0.1, 0.15) is 5.82 Å². The van der Waals surface area contributed by atoms with Crippen LogP contribution in [-0.2, 0) is 19.4 Å². The van der Waals surface area contributed by atoms with Crippen LogP contribution >= 0.6 is 0 Å². The highest BCUT2D eigenvalue weighted by molar-refractivity contribution is 5.74. The predicted molar refractivity (Wildman–Crippen MR) is 107 cm³/mol. The van der Waals surface area contributed by atoms with Crippen LogP contribution < -0.4 is 11.1 Å². The number of nitrogens with zero attached hydrogens (tertiary/aromatic N) is 2. The molecule has 2 aromatic heterocycles.